The Morgan fingerprint density at radius 3 is 2.10 bits per heavy atom. The van der Waals surface area contributed by atoms with E-state index in [0.29, 0.717) is 0 Å². The molecule has 1 heterocycles. The minimum atomic E-state index is 0.928. The Bertz CT molecular complexity index is 746. The van der Waals surface area contributed by atoms with Crippen LogP contribution in [-0.4, -0.2) is 0 Å². The van der Waals surface area contributed by atoms with E-state index in [0.717, 1.165) is 6.54 Å². The van der Waals surface area contributed by atoms with Gasteiger partial charge in [0.15, 0.2) is 0 Å². The molecule has 0 spiro atoms. The predicted molar refractivity (Wildman–Crippen MR) is 84.2 cm³/mol. The fourth-order valence-electron chi connectivity index (χ4n) is 2.95. The Hall–Kier alpha value is -2.54. The van der Waals surface area contributed by atoms with Crippen molar-refractivity contribution in [3.05, 3.63) is 84.4 Å². The number of benzene rings is 3. The third kappa shape index (κ3) is 1.71. The summed E-state index contributed by atoms with van der Waals surface area (Å²) in [5.41, 5.74) is 6.59. The maximum atomic E-state index is 2.39. The Morgan fingerprint density at radius 2 is 1.25 bits per heavy atom. The van der Waals surface area contributed by atoms with E-state index in [-0.39, 0.29) is 0 Å². The smallest absolute Gasteiger partial charge is 0.0493 e. The van der Waals surface area contributed by atoms with Crippen LogP contribution in [0, 0.1) is 0 Å². The lowest BCUT2D eigenvalue weighted by molar-refractivity contribution is 0.961. The molecule has 0 aromatic heterocycles. The van der Waals surface area contributed by atoms with Gasteiger partial charge in [0.2, 0.25) is 0 Å². The lowest BCUT2D eigenvalue weighted by Crippen LogP contribution is -2.21. The summed E-state index contributed by atoms with van der Waals surface area (Å²) in [6.07, 6.45) is 0. The summed E-state index contributed by atoms with van der Waals surface area (Å²) in [4.78, 5) is 2.39. The molecule has 0 aliphatic carbocycles. The molecule has 1 aliphatic rings. The van der Waals surface area contributed by atoms with Crippen LogP contribution in [-0.2, 0) is 6.54 Å². The summed E-state index contributed by atoms with van der Waals surface area (Å²) in [7, 11) is 0. The largest absolute Gasteiger partial charge is 0.336 e. The molecule has 0 radical (unpaired) electrons. The highest BCUT2D eigenvalue weighted by molar-refractivity contribution is 5.87. The third-order valence-corrected chi connectivity index (χ3v) is 3.90. The van der Waals surface area contributed by atoms with Gasteiger partial charge in [-0.05, 0) is 29.3 Å². The van der Waals surface area contributed by atoms with E-state index in [2.05, 4.69) is 83.8 Å². The van der Waals surface area contributed by atoms with E-state index < -0.39 is 0 Å². The first-order valence-corrected chi connectivity index (χ1v) is 6.93. The van der Waals surface area contributed by atoms with Crippen LogP contribution >= 0.6 is 0 Å². The van der Waals surface area contributed by atoms with Crippen molar-refractivity contribution in [2.45, 2.75) is 6.54 Å². The van der Waals surface area contributed by atoms with Crippen LogP contribution in [0.3, 0.4) is 0 Å². The van der Waals surface area contributed by atoms with Crippen molar-refractivity contribution in [3.63, 3.8) is 0 Å². The van der Waals surface area contributed by atoms with Crippen molar-refractivity contribution in [1.29, 1.82) is 0 Å². The fourth-order valence-corrected chi connectivity index (χ4v) is 2.95. The van der Waals surface area contributed by atoms with Gasteiger partial charge in [-0.3, -0.25) is 0 Å². The van der Waals surface area contributed by atoms with Crippen LogP contribution in [0.2, 0.25) is 0 Å². The number of nitrogens with zero attached hydrogens (tertiary/aromatic N) is 1. The first-order chi connectivity index (χ1) is 9.93. The van der Waals surface area contributed by atoms with E-state index in [1.165, 1.54) is 28.1 Å². The highest BCUT2D eigenvalue weighted by Gasteiger charge is 2.21. The molecule has 96 valence electrons. The number of para-hydroxylation sites is 2. The average Bonchev–Trinajstić information content (AvgIpc) is 2.55. The summed E-state index contributed by atoms with van der Waals surface area (Å²) in [6, 6.07) is 27.9. The maximum absolute atomic E-state index is 2.39. The van der Waals surface area contributed by atoms with Crippen LogP contribution in [0.15, 0.2) is 78.9 Å². The van der Waals surface area contributed by atoms with Crippen LogP contribution in [0.5, 0.6) is 0 Å². The van der Waals surface area contributed by atoms with Gasteiger partial charge in [-0.1, -0.05) is 60.7 Å². The highest BCUT2D eigenvalue weighted by atomic mass is 15.1. The normalized spacial score (nSPS) is 12.7. The minimum Gasteiger partial charge on any atom is -0.336 e. The molecule has 0 amide bonds. The zero-order valence-electron chi connectivity index (χ0n) is 11.2. The quantitative estimate of drug-likeness (QED) is 0.592. The van der Waals surface area contributed by atoms with Gasteiger partial charge in [-0.2, -0.15) is 0 Å². The molecule has 0 fully saturated rings. The number of rotatable bonds is 1. The predicted octanol–water partition coefficient (Wildman–Crippen LogP) is 5.01. The first kappa shape index (κ1) is 11.3. The molecule has 0 atom stereocenters. The highest BCUT2D eigenvalue weighted by Crippen LogP contribution is 2.42. The molecule has 1 heteroatoms. The number of hydrogen-bond acceptors (Lipinski definition) is 1. The molecule has 0 unspecified atom stereocenters. The van der Waals surface area contributed by atoms with E-state index in [1.54, 1.807) is 0 Å². The summed E-state index contributed by atoms with van der Waals surface area (Å²) >= 11 is 0. The van der Waals surface area contributed by atoms with Crippen molar-refractivity contribution in [3.8, 4) is 11.1 Å². The lowest BCUT2D eigenvalue weighted by Gasteiger charge is -2.32. The second kappa shape index (κ2) is 4.53. The molecule has 3 aromatic carbocycles. The summed E-state index contributed by atoms with van der Waals surface area (Å²) in [5.74, 6) is 0. The van der Waals surface area contributed by atoms with Gasteiger partial charge in [0, 0.05) is 23.5 Å². The van der Waals surface area contributed by atoms with Gasteiger partial charge in [0.05, 0.1) is 0 Å². The van der Waals surface area contributed by atoms with Crippen molar-refractivity contribution < 1.29 is 0 Å². The monoisotopic (exact) mass is 257 g/mol. The van der Waals surface area contributed by atoms with Crippen molar-refractivity contribution in [2.24, 2.45) is 0 Å². The van der Waals surface area contributed by atoms with Gasteiger partial charge in [0.1, 0.15) is 0 Å². The van der Waals surface area contributed by atoms with Gasteiger partial charge >= 0.3 is 0 Å². The Kier molecular flexibility index (Phi) is 2.56. The van der Waals surface area contributed by atoms with E-state index in [1.807, 2.05) is 0 Å². The number of hydrogen-bond donors (Lipinski definition) is 0. The molecular weight excluding hydrogens is 242 g/mol. The Labute approximate surface area is 119 Å². The number of anilines is 2. The van der Waals surface area contributed by atoms with Gasteiger partial charge in [-0.25, -0.2) is 0 Å². The van der Waals surface area contributed by atoms with Crippen LogP contribution in [0.1, 0.15) is 5.56 Å². The second-order valence-electron chi connectivity index (χ2n) is 5.10. The van der Waals surface area contributed by atoms with Gasteiger partial charge < -0.3 is 4.90 Å². The molecule has 0 saturated heterocycles. The topological polar surface area (TPSA) is 3.24 Å². The summed E-state index contributed by atoms with van der Waals surface area (Å²) in [5, 5.41) is 0. The number of fused-ring (bicyclic) bond motifs is 3. The Balaban J connectivity index is 1.93. The molecule has 1 nitrogen and oxygen atoms in total. The van der Waals surface area contributed by atoms with Crippen molar-refractivity contribution >= 4 is 11.4 Å². The molecule has 20 heavy (non-hydrogen) atoms. The third-order valence-electron chi connectivity index (χ3n) is 3.90. The zero-order chi connectivity index (χ0) is 13.4. The summed E-state index contributed by atoms with van der Waals surface area (Å²) in [6.45, 7) is 0.928. The van der Waals surface area contributed by atoms with Crippen LogP contribution in [0.4, 0.5) is 11.4 Å². The first-order valence-electron chi connectivity index (χ1n) is 6.93. The van der Waals surface area contributed by atoms with E-state index in [4.69, 9.17) is 0 Å². The summed E-state index contributed by atoms with van der Waals surface area (Å²) < 4.78 is 0. The van der Waals surface area contributed by atoms with Gasteiger partial charge in [0.25, 0.3) is 0 Å². The van der Waals surface area contributed by atoms with E-state index >= 15 is 0 Å². The lowest BCUT2D eigenvalue weighted by atomic mass is 9.93. The van der Waals surface area contributed by atoms with Gasteiger partial charge in [-0.15, -0.1) is 0 Å². The van der Waals surface area contributed by atoms with Crippen molar-refractivity contribution in [2.75, 3.05) is 4.90 Å². The SMILES string of the molecule is c1ccc(N2Cc3ccccc3-c3ccccc32)cc1. The molecule has 1 aliphatic heterocycles. The van der Waals surface area contributed by atoms with E-state index in [9.17, 15) is 0 Å². The standard InChI is InChI=1S/C19H15N/c1-2-9-16(10-3-1)20-14-15-8-4-5-11-17(15)18-12-6-7-13-19(18)20/h1-13H,14H2. The molecule has 0 bridgehead atoms. The molecular formula is C19H15N. The molecule has 3 aromatic rings. The molecule has 4 rings (SSSR count). The zero-order valence-corrected chi connectivity index (χ0v) is 11.2. The average molecular weight is 257 g/mol. The maximum Gasteiger partial charge on any atom is 0.0493 e. The fraction of sp³-hybridized carbons (Fsp3) is 0.0526. The Morgan fingerprint density at radius 1 is 0.600 bits per heavy atom. The second-order valence-corrected chi connectivity index (χ2v) is 5.10. The van der Waals surface area contributed by atoms with Crippen LogP contribution < -0.4 is 4.90 Å². The molecule has 0 N–H and O–H groups in total. The van der Waals surface area contributed by atoms with Crippen LogP contribution in [0.25, 0.3) is 11.1 Å². The minimum absolute atomic E-state index is 0.928. The van der Waals surface area contributed by atoms with Crippen molar-refractivity contribution in [1.82, 2.24) is 0 Å². The molecule has 0 saturated carbocycles.